The predicted molar refractivity (Wildman–Crippen MR) is 82.6 cm³/mol. The zero-order valence-corrected chi connectivity index (χ0v) is 14.8. The van der Waals surface area contributed by atoms with Crippen molar-refractivity contribution in [2.24, 2.45) is 11.3 Å². The molecule has 1 aliphatic carbocycles. The van der Waals surface area contributed by atoms with Crippen LogP contribution >= 0.6 is 31.9 Å². The maximum Gasteiger partial charge on any atom is 0.333 e. The van der Waals surface area contributed by atoms with Gasteiger partial charge in [-0.3, -0.25) is 9.59 Å². The molecule has 0 aromatic carbocycles. The van der Waals surface area contributed by atoms with Crippen LogP contribution in [-0.4, -0.2) is 21.5 Å². The molecule has 1 saturated carbocycles. The van der Waals surface area contributed by atoms with E-state index < -0.39 is 23.4 Å². The van der Waals surface area contributed by atoms with Gasteiger partial charge in [0, 0.05) is 11.5 Å². The Balaban J connectivity index is 3.12. The minimum atomic E-state index is -1.01. The second kappa shape index (κ2) is 6.98. The lowest BCUT2D eigenvalue weighted by molar-refractivity contribution is -0.160. The van der Waals surface area contributed by atoms with Gasteiger partial charge in [-0.15, -0.1) is 0 Å². The number of carbonyl (C=O) groups is 3. The summed E-state index contributed by atoms with van der Waals surface area (Å²) in [6.45, 7) is 6.74. The van der Waals surface area contributed by atoms with Gasteiger partial charge in [0.25, 0.3) is 0 Å². The Hall–Kier alpha value is -0.490. The molecular formula is C14H18Br2O4. The van der Waals surface area contributed by atoms with Crippen LogP contribution in [0.15, 0.2) is 12.2 Å². The summed E-state index contributed by atoms with van der Waals surface area (Å²) in [6.07, 6.45) is 2.14. The lowest BCUT2D eigenvalue weighted by atomic mass is 9.64. The maximum atomic E-state index is 12.2. The molecule has 0 aromatic rings. The van der Waals surface area contributed by atoms with Crippen LogP contribution < -0.4 is 0 Å². The van der Waals surface area contributed by atoms with Gasteiger partial charge in [0.15, 0.2) is 0 Å². The van der Waals surface area contributed by atoms with Gasteiger partial charge in [0.1, 0.15) is 6.10 Å². The van der Waals surface area contributed by atoms with Crippen molar-refractivity contribution in [3.8, 4) is 0 Å². The van der Waals surface area contributed by atoms with E-state index in [0.29, 0.717) is 12.8 Å². The Morgan fingerprint density at radius 1 is 1.30 bits per heavy atom. The highest BCUT2D eigenvalue weighted by Crippen LogP contribution is 2.48. The third kappa shape index (κ3) is 3.39. The number of hydrogen-bond donors (Lipinski definition) is 0. The van der Waals surface area contributed by atoms with Gasteiger partial charge in [0.2, 0.25) is 9.39 Å². The topological polar surface area (TPSA) is 60.4 Å². The first-order valence-corrected chi connectivity index (χ1v) is 8.07. The number of ether oxygens (including phenoxy) is 1. The summed E-state index contributed by atoms with van der Waals surface area (Å²) in [7, 11) is 0. The molecule has 4 nitrogen and oxygen atoms in total. The van der Waals surface area contributed by atoms with Crippen molar-refractivity contribution in [3.63, 3.8) is 0 Å². The molecule has 0 aliphatic heterocycles. The third-order valence-electron chi connectivity index (χ3n) is 3.95. The SMILES string of the molecule is C=C(C)C(=O)OC(C)C1(C(=O)Br)CCCCC1C(=O)Br. The van der Waals surface area contributed by atoms with E-state index in [0.717, 1.165) is 12.8 Å². The summed E-state index contributed by atoms with van der Waals surface area (Å²) >= 11 is 5.98. The summed E-state index contributed by atoms with van der Waals surface area (Å²) in [5, 5.41) is 0. The molecule has 112 valence electrons. The van der Waals surface area contributed by atoms with Crippen molar-refractivity contribution in [1.29, 1.82) is 0 Å². The molecule has 0 amide bonds. The number of rotatable bonds is 5. The van der Waals surface area contributed by atoms with E-state index in [4.69, 9.17) is 4.74 Å². The molecule has 0 spiro atoms. The van der Waals surface area contributed by atoms with Crippen molar-refractivity contribution >= 4 is 47.2 Å². The van der Waals surface area contributed by atoms with Gasteiger partial charge >= 0.3 is 5.97 Å². The average Bonchev–Trinajstić information content (AvgIpc) is 2.37. The molecule has 3 atom stereocenters. The number of esters is 1. The fourth-order valence-corrected chi connectivity index (χ4v) is 4.20. The predicted octanol–water partition coefficient (Wildman–Crippen LogP) is 3.51. The van der Waals surface area contributed by atoms with Crippen LogP contribution in [0.25, 0.3) is 0 Å². The quantitative estimate of drug-likeness (QED) is 0.396. The monoisotopic (exact) mass is 408 g/mol. The molecule has 1 fully saturated rings. The van der Waals surface area contributed by atoms with Crippen LogP contribution in [0.3, 0.4) is 0 Å². The van der Waals surface area contributed by atoms with Crippen LogP contribution in [0.2, 0.25) is 0 Å². The van der Waals surface area contributed by atoms with E-state index in [-0.39, 0.29) is 15.0 Å². The van der Waals surface area contributed by atoms with Gasteiger partial charge in [-0.1, -0.05) is 19.4 Å². The summed E-state index contributed by atoms with van der Waals surface area (Å²) in [4.78, 5) is 35.7. The molecule has 1 rings (SSSR count). The Labute approximate surface area is 135 Å². The van der Waals surface area contributed by atoms with E-state index in [9.17, 15) is 14.4 Å². The van der Waals surface area contributed by atoms with Gasteiger partial charge in [-0.25, -0.2) is 4.79 Å². The van der Waals surface area contributed by atoms with E-state index in [1.165, 1.54) is 0 Å². The smallest absolute Gasteiger partial charge is 0.333 e. The first kappa shape index (κ1) is 17.6. The zero-order chi connectivity index (χ0) is 15.5. The van der Waals surface area contributed by atoms with Gasteiger partial charge < -0.3 is 4.74 Å². The summed E-state index contributed by atoms with van der Waals surface area (Å²) < 4.78 is 4.83. The first-order chi connectivity index (χ1) is 9.23. The molecule has 0 aromatic heterocycles. The Morgan fingerprint density at radius 3 is 2.35 bits per heavy atom. The van der Waals surface area contributed by atoms with E-state index in [1.807, 2.05) is 0 Å². The van der Waals surface area contributed by atoms with Crippen LogP contribution in [-0.2, 0) is 19.1 Å². The molecule has 3 unspecified atom stereocenters. The van der Waals surface area contributed by atoms with Crippen molar-refractivity contribution in [2.75, 3.05) is 0 Å². The normalized spacial score (nSPS) is 27.5. The lowest BCUT2D eigenvalue weighted by Crippen LogP contribution is -2.50. The second-order valence-corrected chi connectivity index (χ2v) is 6.75. The van der Waals surface area contributed by atoms with Crippen molar-refractivity contribution < 1.29 is 19.1 Å². The second-order valence-electron chi connectivity index (χ2n) is 5.24. The highest BCUT2D eigenvalue weighted by molar-refractivity contribution is 9.18. The van der Waals surface area contributed by atoms with Gasteiger partial charge in [0.05, 0.1) is 5.41 Å². The van der Waals surface area contributed by atoms with Crippen molar-refractivity contribution in [1.82, 2.24) is 0 Å². The van der Waals surface area contributed by atoms with E-state index >= 15 is 0 Å². The highest BCUT2D eigenvalue weighted by Gasteiger charge is 2.53. The summed E-state index contributed by atoms with van der Waals surface area (Å²) in [5.74, 6) is -1.03. The molecule has 0 radical (unpaired) electrons. The van der Waals surface area contributed by atoms with Gasteiger partial charge in [-0.2, -0.15) is 0 Å². The number of hydrogen-bond acceptors (Lipinski definition) is 4. The number of halogens is 2. The molecule has 0 bridgehead atoms. The molecule has 0 N–H and O–H groups in total. The van der Waals surface area contributed by atoms with Crippen LogP contribution in [0.1, 0.15) is 39.5 Å². The largest absolute Gasteiger partial charge is 0.458 e. The third-order valence-corrected chi connectivity index (χ3v) is 5.24. The Bertz CT molecular complexity index is 446. The van der Waals surface area contributed by atoms with Crippen LogP contribution in [0, 0.1) is 11.3 Å². The average molecular weight is 410 g/mol. The highest BCUT2D eigenvalue weighted by atomic mass is 79.9. The molecule has 0 heterocycles. The number of carbonyl (C=O) groups excluding carboxylic acids is 3. The van der Waals surface area contributed by atoms with Crippen LogP contribution in [0.5, 0.6) is 0 Å². The van der Waals surface area contributed by atoms with Crippen LogP contribution in [0.4, 0.5) is 0 Å². The minimum Gasteiger partial charge on any atom is -0.458 e. The first-order valence-electron chi connectivity index (χ1n) is 6.49. The standard InChI is InChI=1S/C14H18Br2O4/c1-8(2)12(18)20-9(3)14(13(16)19)7-5-4-6-10(14)11(15)17/h9-10H,1,4-7H2,2-3H3. The van der Waals surface area contributed by atoms with Gasteiger partial charge in [-0.05, 0) is 58.5 Å². The molecular weight excluding hydrogens is 392 g/mol. The van der Waals surface area contributed by atoms with E-state index in [1.54, 1.807) is 13.8 Å². The van der Waals surface area contributed by atoms with Crippen molar-refractivity contribution in [3.05, 3.63) is 12.2 Å². The summed E-state index contributed by atoms with van der Waals surface area (Å²) in [6, 6.07) is 0. The lowest BCUT2D eigenvalue weighted by Gasteiger charge is -2.43. The minimum absolute atomic E-state index is 0.219. The summed E-state index contributed by atoms with van der Waals surface area (Å²) in [5.41, 5.74) is -0.740. The Kier molecular flexibility index (Phi) is 6.13. The Morgan fingerprint density at radius 2 is 1.90 bits per heavy atom. The molecule has 0 saturated heterocycles. The molecule has 20 heavy (non-hydrogen) atoms. The fraction of sp³-hybridized carbons (Fsp3) is 0.643. The zero-order valence-electron chi connectivity index (χ0n) is 11.6. The molecule has 6 heteroatoms. The van der Waals surface area contributed by atoms with Crippen molar-refractivity contribution in [2.45, 2.75) is 45.6 Å². The maximum absolute atomic E-state index is 12.2. The van der Waals surface area contributed by atoms with E-state index in [2.05, 4.69) is 38.4 Å². The fourth-order valence-electron chi connectivity index (χ4n) is 2.76. The molecule has 1 aliphatic rings.